The quantitative estimate of drug-likeness (QED) is 0.856. The van der Waals surface area contributed by atoms with E-state index in [4.69, 9.17) is 11.6 Å². The zero-order valence-electron chi connectivity index (χ0n) is 10.2. The standard InChI is InChI=1S/C14H19ClFN/c1-10-3-2-4-12(7-10)17-9-11-5-6-14(16)13(15)8-11/h5-6,8,10,12,17H,2-4,7,9H2,1H3. The first kappa shape index (κ1) is 12.8. The Balaban J connectivity index is 1.86. The number of hydrogen-bond donors (Lipinski definition) is 1. The minimum absolute atomic E-state index is 0.210. The average Bonchev–Trinajstić information content (AvgIpc) is 2.31. The molecule has 3 heteroatoms. The lowest BCUT2D eigenvalue weighted by atomic mass is 9.87. The highest BCUT2D eigenvalue weighted by Gasteiger charge is 2.18. The van der Waals surface area contributed by atoms with Gasteiger partial charge in [0.2, 0.25) is 0 Å². The fraction of sp³-hybridized carbons (Fsp3) is 0.571. The van der Waals surface area contributed by atoms with Crippen LogP contribution in [-0.2, 0) is 6.54 Å². The van der Waals surface area contributed by atoms with Gasteiger partial charge in [-0.1, -0.05) is 37.4 Å². The fourth-order valence-electron chi connectivity index (χ4n) is 2.53. The van der Waals surface area contributed by atoms with Gasteiger partial charge in [-0.2, -0.15) is 0 Å². The third kappa shape index (κ3) is 3.68. The maximum atomic E-state index is 13.0. The van der Waals surface area contributed by atoms with Crippen LogP contribution in [-0.4, -0.2) is 6.04 Å². The van der Waals surface area contributed by atoms with Gasteiger partial charge in [-0.25, -0.2) is 4.39 Å². The molecule has 0 saturated heterocycles. The van der Waals surface area contributed by atoms with Gasteiger partial charge in [0.15, 0.2) is 0 Å². The first-order valence-electron chi connectivity index (χ1n) is 6.32. The molecule has 1 aromatic carbocycles. The van der Waals surface area contributed by atoms with E-state index in [1.165, 1.54) is 31.7 Å². The van der Waals surface area contributed by atoms with Crippen LogP contribution in [0.3, 0.4) is 0 Å². The average molecular weight is 256 g/mol. The molecule has 0 aliphatic heterocycles. The van der Waals surface area contributed by atoms with Crippen molar-refractivity contribution < 1.29 is 4.39 Å². The molecule has 94 valence electrons. The van der Waals surface area contributed by atoms with Crippen LogP contribution in [0, 0.1) is 11.7 Å². The Bertz CT molecular complexity index is 380. The van der Waals surface area contributed by atoms with E-state index in [1.807, 2.05) is 0 Å². The van der Waals surface area contributed by atoms with E-state index in [-0.39, 0.29) is 10.8 Å². The lowest BCUT2D eigenvalue weighted by Gasteiger charge is -2.27. The molecule has 2 atom stereocenters. The maximum absolute atomic E-state index is 13.0. The van der Waals surface area contributed by atoms with Crippen LogP contribution in [0.15, 0.2) is 18.2 Å². The molecule has 0 spiro atoms. The van der Waals surface area contributed by atoms with E-state index < -0.39 is 0 Å². The largest absolute Gasteiger partial charge is 0.310 e. The molecule has 1 saturated carbocycles. The molecule has 1 fully saturated rings. The zero-order chi connectivity index (χ0) is 12.3. The van der Waals surface area contributed by atoms with E-state index in [0.29, 0.717) is 6.04 Å². The second-order valence-electron chi connectivity index (χ2n) is 5.10. The van der Waals surface area contributed by atoms with E-state index in [2.05, 4.69) is 12.2 Å². The summed E-state index contributed by atoms with van der Waals surface area (Å²) in [6, 6.07) is 5.53. The van der Waals surface area contributed by atoms with Gasteiger partial charge in [0.1, 0.15) is 5.82 Å². The van der Waals surface area contributed by atoms with Gasteiger partial charge in [0.25, 0.3) is 0 Å². The number of benzene rings is 1. The summed E-state index contributed by atoms with van der Waals surface area (Å²) in [5, 5.41) is 3.74. The van der Waals surface area contributed by atoms with Gasteiger partial charge in [-0.05, 0) is 36.5 Å². The molecule has 0 radical (unpaired) electrons. The third-order valence-corrected chi connectivity index (χ3v) is 3.80. The van der Waals surface area contributed by atoms with Gasteiger partial charge in [0.05, 0.1) is 5.02 Å². The van der Waals surface area contributed by atoms with Crippen molar-refractivity contribution in [3.05, 3.63) is 34.6 Å². The number of hydrogen-bond acceptors (Lipinski definition) is 1. The van der Waals surface area contributed by atoms with Crippen molar-refractivity contribution >= 4 is 11.6 Å². The molecule has 0 heterocycles. The lowest BCUT2D eigenvalue weighted by molar-refractivity contribution is 0.300. The SMILES string of the molecule is CC1CCCC(NCc2ccc(F)c(Cl)c2)C1. The zero-order valence-corrected chi connectivity index (χ0v) is 10.9. The summed E-state index contributed by atoms with van der Waals surface area (Å²) < 4.78 is 13.0. The van der Waals surface area contributed by atoms with Gasteiger partial charge >= 0.3 is 0 Å². The molecule has 1 nitrogen and oxygen atoms in total. The molecule has 0 bridgehead atoms. The molecular weight excluding hydrogens is 237 g/mol. The predicted molar refractivity (Wildman–Crippen MR) is 69.7 cm³/mol. The van der Waals surface area contributed by atoms with Crippen molar-refractivity contribution in [2.75, 3.05) is 0 Å². The molecule has 17 heavy (non-hydrogen) atoms. The summed E-state index contributed by atoms with van der Waals surface area (Å²) in [6.45, 7) is 3.08. The Morgan fingerprint density at radius 1 is 1.41 bits per heavy atom. The van der Waals surface area contributed by atoms with Crippen LogP contribution >= 0.6 is 11.6 Å². The summed E-state index contributed by atoms with van der Waals surface area (Å²) in [5.74, 6) is 0.472. The molecule has 1 aromatic rings. The topological polar surface area (TPSA) is 12.0 Å². The molecule has 1 aliphatic rings. The maximum Gasteiger partial charge on any atom is 0.141 e. The Hall–Kier alpha value is -0.600. The number of nitrogens with one attached hydrogen (secondary N) is 1. The molecule has 1 aliphatic carbocycles. The summed E-state index contributed by atoms with van der Waals surface area (Å²) in [7, 11) is 0. The number of halogens is 2. The third-order valence-electron chi connectivity index (χ3n) is 3.52. The van der Waals surface area contributed by atoms with Gasteiger partial charge in [-0.15, -0.1) is 0 Å². The Morgan fingerprint density at radius 2 is 2.24 bits per heavy atom. The molecule has 0 aromatic heterocycles. The van der Waals surface area contributed by atoms with Gasteiger partial charge in [-0.3, -0.25) is 0 Å². The van der Waals surface area contributed by atoms with E-state index in [9.17, 15) is 4.39 Å². The van der Waals surface area contributed by atoms with Gasteiger partial charge in [0, 0.05) is 12.6 Å². The summed E-state index contributed by atoms with van der Waals surface area (Å²) >= 11 is 5.76. The minimum atomic E-state index is -0.346. The van der Waals surface area contributed by atoms with Crippen LogP contribution < -0.4 is 5.32 Å². The first-order valence-corrected chi connectivity index (χ1v) is 6.70. The van der Waals surface area contributed by atoms with Crippen molar-refractivity contribution in [2.24, 2.45) is 5.92 Å². The van der Waals surface area contributed by atoms with Crippen molar-refractivity contribution in [2.45, 2.75) is 45.2 Å². The molecule has 2 unspecified atom stereocenters. The highest BCUT2D eigenvalue weighted by Crippen LogP contribution is 2.24. The normalized spacial score (nSPS) is 24.9. The van der Waals surface area contributed by atoms with Crippen LogP contribution in [0.1, 0.15) is 38.2 Å². The Labute approximate surface area is 107 Å². The fourth-order valence-corrected chi connectivity index (χ4v) is 2.73. The van der Waals surface area contributed by atoms with Crippen molar-refractivity contribution in [3.8, 4) is 0 Å². The first-order chi connectivity index (χ1) is 8.15. The highest BCUT2D eigenvalue weighted by molar-refractivity contribution is 6.30. The second kappa shape index (κ2) is 5.83. The van der Waals surface area contributed by atoms with Crippen LogP contribution in [0.5, 0.6) is 0 Å². The van der Waals surface area contributed by atoms with E-state index in [1.54, 1.807) is 12.1 Å². The summed E-state index contributed by atoms with van der Waals surface area (Å²) in [4.78, 5) is 0. The Kier molecular flexibility index (Phi) is 4.41. The van der Waals surface area contributed by atoms with E-state index >= 15 is 0 Å². The smallest absolute Gasteiger partial charge is 0.141 e. The summed E-state index contributed by atoms with van der Waals surface area (Å²) in [6.07, 6.45) is 5.15. The van der Waals surface area contributed by atoms with Crippen molar-refractivity contribution in [1.82, 2.24) is 5.32 Å². The molecule has 1 N–H and O–H groups in total. The molecular formula is C14H19ClFN. The summed E-state index contributed by atoms with van der Waals surface area (Å²) in [5.41, 5.74) is 1.05. The van der Waals surface area contributed by atoms with Crippen molar-refractivity contribution in [3.63, 3.8) is 0 Å². The Morgan fingerprint density at radius 3 is 2.94 bits per heavy atom. The number of rotatable bonds is 3. The van der Waals surface area contributed by atoms with Crippen LogP contribution in [0.4, 0.5) is 4.39 Å². The monoisotopic (exact) mass is 255 g/mol. The van der Waals surface area contributed by atoms with E-state index in [0.717, 1.165) is 18.0 Å². The predicted octanol–water partition coefficient (Wildman–Crippen LogP) is 4.15. The molecule has 2 rings (SSSR count). The van der Waals surface area contributed by atoms with Crippen LogP contribution in [0.25, 0.3) is 0 Å². The highest BCUT2D eigenvalue weighted by atomic mass is 35.5. The molecule has 0 amide bonds. The minimum Gasteiger partial charge on any atom is -0.310 e. The lowest BCUT2D eigenvalue weighted by Crippen LogP contribution is -2.33. The van der Waals surface area contributed by atoms with Gasteiger partial charge < -0.3 is 5.32 Å². The second-order valence-corrected chi connectivity index (χ2v) is 5.51. The van der Waals surface area contributed by atoms with Crippen molar-refractivity contribution in [1.29, 1.82) is 0 Å². The van der Waals surface area contributed by atoms with Crippen LogP contribution in [0.2, 0.25) is 5.02 Å².